The monoisotopic (exact) mass is 480 g/mol. The molecule has 8 nitrogen and oxygen atoms in total. The van der Waals surface area contributed by atoms with Crippen molar-refractivity contribution < 1.29 is 19.0 Å². The number of carbonyl (C=O) groups is 1. The number of methoxy groups -OCH3 is 3. The second-order valence-corrected chi connectivity index (χ2v) is 7.92. The molecule has 0 fully saturated rings. The van der Waals surface area contributed by atoms with Crippen molar-refractivity contribution in [2.75, 3.05) is 26.6 Å². The van der Waals surface area contributed by atoms with Crippen LogP contribution in [-0.4, -0.2) is 42.0 Å². The van der Waals surface area contributed by atoms with Crippen LogP contribution in [0.4, 0.5) is 5.69 Å². The van der Waals surface area contributed by atoms with Crippen molar-refractivity contribution in [3.05, 3.63) is 90.8 Å². The number of nitrogens with zero attached hydrogens (tertiary/aromatic N) is 3. The molecule has 0 aliphatic heterocycles. The molecule has 0 aliphatic rings. The fourth-order valence-electron chi connectivity index (χ4n) is 4.00. The molecule has 1 N–H and O–H groups in total. The van der Waals surface area contributed by atoms with Gasteiger partial charge in [0.05, 0.1) is 27.0 Å². The lowest BCUT2D eigenvalue weighted by atomic mass is 10.1. The molecule has 36 heavy (non-hydrogen) atoms. The maximum atomic E-state index is 13.2. The van der Waals surface area contributed by atoms with Crippen molar-refractivity contribution in [2.45, 2.75) is 0 Å². The molecule has 0 saturated carbocycles. The van der Waals surface area contributed by atoms with E-state index in [9.17, 15) is 4.79 Å². The van der Waals surface area contributed by atoms with E-state index in [0.717, 1.165) is 27.8 Å². The van der Waals surface area contributed by atoms with Crippen LogP contribution in [0, 0.1) is 0 Å². The quantitative estimate of drug-likeness (QED) is 0.337. The number of anilines is 1. The molecule has 0 aliphatic carbocycles. The highest BCUT2D eigenvalue weighted by Gasteiger charge is 2.20. The van der Waals surface area contributed by atoms with Gasteiger partial charge in [0.1, 0.15) is 5.75 Å². The van der Waals surface area contributed by atoms with Gasteiger partial charge in [-0.15, -0.1) is 5.10 Å². The van der Waals surface area contributed by atoms with Gasteiger partial charge < -0.3 is 19.5 Å². The van der Waals surface area contributed by atoms with E-state index in [4.69, 9.17) is 14.2 Å². The number of rotatable bonds is 7. The highest BCUT2D eigenvalue weighted by Crippen LogP contribution is 2.31. The third-order valence-electron chi connectivity index (χ3n) is 5.79. The van der Waals surface area contributed by atoms with Crippen molar-refractivity contribution in [1.82, 2.24) is 14.8 Å². The van der Waals surface area contributed by atoms with E-state index in [1.165, 1.54) is 7.11 Å². The van der Waals surface area contributed by atoms with Gasteiger partial charge in [-0.25, -0.2) is 9.67 Å². The highest BCUT2D eigenvalue weighted by atomic mass is 16.5. The number of carbonyl (C=O) groups excluding carboxylic acids is 1. The molecule has 0 atom stereocenters. The van der Waals surface area contributed by atoms with Crippen LogP contribution in [0.5, 0.6) is 17.2 Å². The van der Waals surface area contributed by atoms with E-state index < -0.39 is 5.91 Å². The summed E-state index contributed by atoms with van der Waals surface area (Å²) >= 11 is 0. The van der Waals surface area contributed by atoms with Crippen LogP contribution in [0.2, 0.25) is 0 Å². The number of ether oxygens (including phenoxy) is 3. The summed E-state index contributed by atoms with van der Waals surface area (Å²) in [7, 11) is 4.71. The van der Waals surface area contributed by atoms with E-state index in [2.05, 4.69) is 15.4 Å². The summed E-state index contributed by atoms with van der Waals surface area (Å²) in [6, 6.07) is 26.6. The average molecular weight is 481 g/mol. The summed E-state index contributed by atoms with van der Waals surface area (Å²) in [5, 5.41) is 9.53. The van der Waals surface area contributed by atoms with Gasteiger partial charge in [-0.2, -0.15) is 0 Å². The Morgan fingerprint density at radius 1 is 0.806 bits per heavy atom. The fourth-order valence-corrected chi connectivity index (χ4v) is 4.00. The van der Waals surface area contributed by atoms with Crippen LogP contribution in [0.25, 0.3) is 27.8 Å². The Kier molecular flexibility index (Phi) is 6.23. The van der Waals surface area contributed by atoms with Gasteiger partial charge in [0.15, 0.2) is 17.3 Å². The molecular formula is C28H24N4O4. The second-order valence-electron chi connectivity index (χ2n) is 7.92. The molecule has 1 heterocycles. The van der Waals surface area contributed by atoms with Crippen LogP contribution in [0.1, 0.15) is 10.6 Å². The standard InChI is InChI=1S/C28H24N4O4/c1-34-21-14-11-19(12-15-21)27-30-26(28(33)29-20-13-16-24(35-2)25(17-20)36-3)31-32(27)23-10-6-8-18-7-4-5-9-22(18)23/h4-17H,1-3H3,(H,29,33). The lowest BCUT2D eigenvalue weighted by Gasteiger charge is -2.10. The first-order valence-electron chi connectivity index (χ1n) is 11.2. The fraction of sp³-hybridized carbons (Fsp3) is 0.107. The van der Waals surface area contributed by atoms with Crippen LogP contribution in [0.15, 0.2) is 84.9 Å². The zero-order valence-corrected chi connectivity index (χ0v) is 20.1. The van der Waals surface area contributed by atoms with Crippen LogP contribution in [-0.2, 0) is 0 Å². The molecule has 0 bridgehead atoms. The number of benzene rings is 4. The van der Waals surface area contributed by atoms with Crippen LogP contribution in [0.3, 0.4) is 0 Å². The Morgan fingerprint density at radius 3 is 2.31 bits per heavy atom. The Morgan fingerprint density at radius 2 is 1.56 bits per heavy atom. The molecule has 0 spiro atoms. The number of hydrogen-bond acceptors (Lipinski definition) is 6. The second kappa shape index (κ2) is 9.79. The zero-order chi connectivity index (χ0) is 25.1. The normalized spacial score (nSPS) is 10.8. The molecule has 1 aromatic heterocycles. The van der Waals surface area contributed by atoms with Gasteiger partial charge in [-0.1, -0.05) is 36.4 Å². The van der Waals surface area contributed by atoms with E-state index in [-0.39, 0.29) is 5.82 Å². The minimum Gasteiger partial charge on any atom is -0.497 e. The lowest BCUT2D eigenvalue weighted by Crippen LogP contribution is -2.14. The van der Waals surface area contributed by atoms with Crippen LogP contribution < -0.4 is 19.5 Å². The van der Waals surface area contributed by atoms with E-state index in [1.807, 2.05) is 66.7 Å². The predicted molar refractivity (Wildman–Crippen MR) is 138 cm³/mol. The molecule has 5 rings (SSSR count). The van der Waals surface area contributed by atoms with Crippen LogP contribution >= 0.6 is 0 Å². The molecule has 5 aromatic rings. The molecule has 0 saturated heterocycles. The van der Waals surface area contributed by atoms with Gasteiger partial charge in [0.2, 0.25) is 5.82 Å². The Bertz CT molecular complexity index is 1540. The van der Waals surface area contributed by atoms with E-state index in [1.54, 1.807) is 37.1 Å². The Hall–Kier alpha value is -4.85. The average Bonchev–Trinajstić information content (AvgIpc) is 3.38. The summed E-state index contributed by atoms with van der Waals surface area (Å²) in [5.74, 6) is 1.91. The Labute approximate surface area is 208 Å². The van der Waals surface area contributed by atoms with Crippen molar-refractivity contribution in [2.24, 2.45) is 0 Å². The van der Waals surface area contributed by atoms with E-state index in [0.29, 0.717) is 23.0 Å². The molecule has 180 valence electrons. The number of hydrogen-bond donors (Lipinski definition) is 1. The van der Waals surface area contributed by atoms with Crippen molar-refractivity contribution in [1.29, 1.82) is 0 Å². The summed E-state index contributed by atoms with van der Waals surface area (Å²) in [5.41, 5.74) is 2.14. The third kappa shape index (κ3) is 4.32. The first-order chi connectivity index (χ1) is 17.6. The van der Waals surface area contributed by atoms with Gasteiger partial charge in [-0.05, 0) is 47.9 Å². The first kappa shape index (κ1) is 22.9. The zero-order valence-electron chi connectivity index (χ0n) is 20.1. The third-order valence-corrected chi connectivity index (χ3v) is 5.79. The molecular weight excluding hydrogens is 456 g/mol. The predicted octanol–water partition coefficient (Wildman–Crippen LogP) is 5.37. The molecule has 4 aromatic carbocycles. The minimum atomic E-state index is -0.448. The molecule has 0 radical (unpaired) electrons. The SMILES string of the molecule is COc1ccc(-c2nc(C(=O)Nc3ccc(OC)c(OC)c3)nn2-c2cccc3ccccc23)cc1. The molecule has 8 heteroatoms. The first-order valence-corrected chi connectivity index (χ1v) is 11.2. The lowest BCUT2D eigenvalue weighted by molar-refractivity contribution is 0.101. The summed E-state index contributed by atoms with van der Waals surface area (Å²) < 4.78 is 17.6. The summed E-state index contributed by atoms with van der Waals surface area (Å²) in [6.45, 7) is 0. The number of amides is 1. The smallest absolute Gasteiger partial charge is 0.295 e. The number of fused-ring (bicyclic) bond motifs is 1. The largest absolute Gasteiger partial charge is 0.497 e. The maximum absolute atomic E-state index is 13.2. The number of nitrogens with one attached hydrogen (secondary N) is 1. The summed E-state index contributed by atoms with van der Waals surface area (Å²) in [4.78, 5) is 17.9. The summed E-state index contributed by atoms with van der Waals surface area (Å²) in [6.07, 6.45) is 0. The molecule has 0 unspecified atom stereocenters. The minimum absolute atomic E-state index is 0.0311. The van der Waals surface area contributed by atoms with Gasteiger partial charge in [0, 0.05) is 22.7 Å². The van der Waals surface area contributed by atoms with Gasteiger partial charge in [0.25, 0.3) is 5.91 Å². The molecule has 1 amide bonds. The van der Waals surface area contributed by atoms with Crippen molar-refractivity contribution in [3.63, 3.8) is 0 Å². The van der Waals surface area contributed by atoms with Crippen molar-refractivity contribution in [3.8, 4) is 34.3 Å². The van der Waals surface area contributed by atoms with Crippen molar-refractivity contribution >= 4 is 22.4 Å². The van der Waals surface area contributed by atoms with Gasteiger partial charge >= 0.3 is 0 Å². The topological polar surface area (TPSA) is 87.5 Å². The number of aromatic nitrogens is 3. The Balaban J connectivity index is 1.59. The van der Waals surface area contributed by atoms with Gasteiger partial charge in [-0.3, -0.25) is 4.79 Å². The maximum Gasteiger partial charge on any atom is 0.295 e. The van der Waals surface area contributed by atoms with E-state index >= 15 is 0 Å². The highest BCUT2D eigenvalue weighted by molar-refractivity contribution is 6.02.